The first-order valence-corrected chi connectivity index (χ1v) is 26.0. The summed E-state index contributed by atoms with van der Waals surface area (Å²) in [6.07, 6.45) is -0.913. The minimum Gasteiger partial charge on any atom is -0.508 e. The Morgan fingerprint density at radius 2 is 0.987 bits per heavy atom. The molecule has 5 rings (SSSR count). The molecule has 3 aromatic rings. The molecule has 5 N–H and O–H groups in total. The predicted octanol–water partition coefficient (Wildman–Crippen LogP) is 7.44. The minimum absolute atomic E-state index is 0.0256. The highest BCUT2D eigenvalue weighted by atomic mass is 16.6. The molecular formula is C57H82N4O16. The Kier molecular flexibility index (Phi) is 23.1. The van der Waals surface area contributed by atoms with Gasteiger partial charge in [-0.15, -0.1) is 0 Å². The Morgan fingerprint density at radius 3 is 1.36 bits per heavy atom. The van der Waals surface area contributed by atoms with Crippen LogP contribution in [0.2, 0.25) is 0 Å². The summed E-state index contributed by atoms with van der Waals surface area (Å²) in [7, 11) is 0. The molecule has 2 heterocycles. The lowest BCUT2D eigenvalue weighted by molar-refractivity contribution is -0.164. The van der Waals surface area contributed by atoms with Crippen LogP contribution in [0.3, 0.4) is 0 Å². The Labute approximate surface area is 453 Å². The number of aliphatic hydroxyl groups is 1. The molecular weight excluding hydrogens is 997 g/mol. The average molecular weight is 1080 g/mol. The SMILES string of the molecule is CC(C)(C)OC(=O)[C@@H]1C[C@@H](OCCCO)CN1C(=O)[C@@H](NC(=O)Oc1cccc(O)c1)C(C)(C)C.CC(C)(C)OC(=O)[C@@H]1C[C@@H](OCCCOCc2ccccc2)CN1C(=O)[C@@H](NC(=O)Oc1cccc(O)c1)C(C)(C)C. The summed E-state index contributed by atoms with van der Waals surface area (Å²) in [5, 5.41) is 33.6. The first kappa shape index (κ1) is 63.1. The van der Waals surface area contributed by atoms with E-state index in [0.29, 0.717) is 39.3 Å². The molecule has 77 heavy (non-hydrogen) atoms. The van der Waals surface area contributed by atoms with Gasteiger partial charge in [0.05, 0.1) is 18.8 Å². The van der Waals surface area contributed by atoms with Gasteiger partial charge in [-0.1, -0.05) is 84.0 Å². The van der Waals surface area contributed by atoms with Crippen LogP contribution in [0, 0.1) is 10.8 Å². The zero-order valence-electron chi connectivity index (χ0n) is 46.8. The van der Waals surface area contributed by atoms with Gasteiger partial charge in [-0.3, -0.25) is 9.59 Å². The van der Waals surface area contributed by atoms with Gasteiger partial charge in [0.15, 0.2) is 0 Å². The highest BCUT2D eigenvalue weighted by molar-refractivity contribution is 5.92. The van der Waals surface area contributed by atoms with Crippen molar-refractivity contribution in [2.45, 2.75) is 163 Å². The summed E-state index contributed by atoms with van der Waals surface area (Å²) in [6.45, 7) is 23.4. The van der Waals surface area contributed by atoms with Crippen molar-refractivity contribution in [2.75, 3.05) is 39.5 Å². The number of phenols is 2. The third kappa shape index (κ3) is 21.5. The number of carbonyl (C=O) groups is 6. The molecule has 2 fully saturated rings. The lowest BCUT2D eigenvalue weighted by Gasteiger charge is -2.35. The molecule has 0 spiro atoms. The molecule has 0 radical (unpaired) electrons. The van der Waals surface area contributed by atoms with Crippen LogP contribution in [0.5, 0.6) is 23.0 Å². The molecule has 0 aliphatic carbocycles. The van der Waals surface area contributed by atoms with E-state index in [0.717, 1.165) is 5.56 Å². The Bertz CT molecular complexity index is 2410. The van der Waals surface area contributed by atoms with E-state index in [2.05, 4.69) is 10.6 Å². The third-order valence-corrected chi connectivity index (χ3v) is 11.8. The number of nitrogens with one attached hydrogen (secondary N) is 2. The molecule has 0 unspecified atom stereocenters. The summed E-state index contributed by atoms with van der Waals surface area (Å²) >= 11 is 0. The first-order chi connectivity index (χ1) is 35.9. The number of nitrogens with zero attached hydrogens (tertiary/aromatic N) is 2. The summed E-state index contributed by atoms with van der Waals surface area (Å²) in [5.74, 6) is -1.86. The number of aliphatic hydroxyl groups excluding tert-OH is 1. The van der Waals surface area contributed by atoms with Crippen LogP contribution < -0.4 is 20.1 Å². The van der Waals surface area contributed by atoms with E-state index in [-0.39, 0.29) is 61.6 Å². The van der Waals surface area contributed by atoms with Crippen LogP contribution in [0.25, 0.3) is 0 Å². The highest BCUT2D eigenvalue weighted by Gasteiger charge is 2.48. The van der Waals surface area contributed by atoms with E-state index >= 15 is 0 Å². The van der Waals surface area contributed by atoms with Crippen LogP contribution in [-0.4, -0.2) is 148 Å². The van der Waals surface area contributed by atoms with Crippen LogP contribution in [-0.2, 0) is 49.5 Å². The zero-order valence-corrected chi connectivity index (χ0v) is 46.8. The maximum Gasteiger partial charge on any atom is 0.413 e. The summed E-state index contributed by atoms with van der Waals surface area (Å²) in [5.41, 5.74) is -1.83. The smallest absolute Gasteiger partial charge is 0.413 e. The predicted molar refractivity (Wildman–Crippen MR) is 285 cm³/mol. The van der Waals surface area contributed by atoms with Crippen molar-refractivity contribution >= 4 is 35.9 Å². The van der Waals surface area contributed by atoms with Crippen LogP contribution in [0.15, 0.2) is 78.9 Å². The van der Waals surface area contributed by atoms with Crippen LogP contribution in [0.1, 0.15) is 114 Å². The largest absolute Gasteiger partial charge is 0.508 e. The van der Waals surface area contributed by atoms with Gasteiger partial charge in [-0.25, -0.2) is 19.2 Å². The van der Waals surface area contributed by atoms with Crippen molar-refractivity contribution in [1.82, 2.24) is 20.4 Å². The topological polar surface area (TPSA) is 258 Å². The van der Waals surface area contributed by atoms with E-state index in [1.54, 1.807) is 62.3 Å². The molecule has 3 aromatic carbocycles. The molecule has 20 nitrogen and oxygen atoms in total. The van der Waals surface area contributed by atoms with Crippen molar-refractivity contribution < 1.29 is 77.2 Å². The summed E-state index contributed by atoms with van der Waals surface area (Å²) < 4.78 is 39.3. The lowest BCUT2D eigenvalue weighted by Crippen LogP contribution is -2.57. The second-order valence-electron chi connectivity index (χ2n) is 23.2. The van der Waals surface area contributed by atoms with Gasteiger partial charge in [0.1, 0.15) is 58.4 Å². The molecule has 4 amide bonds. The van der Waals surface area contributed by atoms with E-state index < -0.39 is 88.2 Å². The highest BCUT2D eigenvalue weighted by Crippen LogP contribution is 2.31. The molecule has 6 atom stereocenters. The van der Waals surface area contributed by atoms with Crippen LogP contribution in [0.4, 0.5) is 9.59 Å². The van der Waals surface area contributed by atoms with Crippen molar-refractivity contribution in [3.8, 4) is 23.0 Å². The fourth-order valence-corrected chi connectivity index (χ4v) is 8.23. The number of aromatic hydroxyl groups is 2. The van der Waals surface area contributed by atoms with Crippen LogP contribution >= 0.6 is 0 Å². The van der Waals surface area contributed by atoms with E-state index in [4.69, 9.17) is 38.3 Å². The monoisotopic (exact) mass is 1080 g/mol. The number of carbonyl (C=O) groups excluding carboxylic acids is 6. The maximum atomic E-state index is 13.9. The molecule has 20 heteroatoms. The number of hydrogen-bond acceptors (Lipinski definition) is 16. The molecule has 0 saturated carbocycles. The second kappa shape index (κ2) is 28.2. The minimum atomic E-state index is -1.02. The fourth-order valence-electron chi connectivity index (χ4n) is 8.23. The number of hydrogen-bond donors (Lipinski definition) is 5. The van der Waals surface area contributed by atoms with E-state index in [9.17, 15) is 39.0 Å². The zero-order chi connectivity index (χ0) is 57.3. The first-order valence-electron chi connectivity index (χ1n) is 26.0. The number of benzene rings is 3. The lowest BCUT2D eigenvalue weighted by atomic mass is 9.85. The Hall–Kier alpha value is -6.48. The van der Waals surface area contributed by atoms with Crippen molar-refractivity contribution in [1.29, 1.82) is 0 Å². The van der Waals surface area contributed by atoms with Crippen molar-refractivity contribution in [3.05, 3.63) is 84.4 Å². The number of ether oxygens (including phenoxy) is 7. The summed E-state index contributed by atoms with van der Waals surface area (Å²) in [6, 6.07) is 17.6. The van der Waals surface area contributed by atoms with Gasteiger partial charge in [0.2, 0.25) is 11.8 Å². The number of rotatable bonds is 19. The number of amides is 4. The summed E-state index contributed by atoms with van der Waals surface area (Å²) in [4.78, 5) is 82.0. The molecule has 426 valence electrons. The number of likely N-dealkylation sites (tertiary alicyclic amines) is 2. The van der Waals surface area contributed by atoms with Gasteiger partial charge < -0.3 is 68.9 Å². The molecule has 2 saturated heterocycles. The standard InChI is InChI=1S/C32H44N2O8.C25H38N2O8/c1-31(2,3)27(33-30(38)41-24-15-10-14-23(35)18-24)28(36)34-20-25(19-26(34)29(37)42-32(4,5)6)40-17-11-16-39-21-22-12-8-7-9-13-22;1-24(2,3)20(26-23(32)34-17-10-7-9-16(29)13-17)21(30)27-15-18(33-12-8-11-28)14-19(27)22(31)35-25(4,5)6/h7-10,12-15,18,25-27,35H,11,16-17,19-21H2,1-6H3,(H,33,38);7,9-10,13,18-20,28-29H,8,11-12,14-15H2,1-6H3,(H,26,32)/t25-,26+,27-;18-,19+,20-/m11/s1. The molecule has 2 aliphatic heterocycles. The normalized spacial score (nSPS) is 18.5. The van der Waals surface area contributed by atoms with Gasteiger partial charge in [-0.2, -0.15) is 0 Å². The number of phenolic OH excluding ortho intramolecular Hbond substituents is 2. The average Bonchev–Trinajstić information content (AvgIpc) is 3.96. The van der Waals surface area contributed by atoms with Gasteiger partial charge in [0, 0.05) is 64.5 Å². The second-order valence-corrected chi connectivity index (χ2v) is 23.2. The van der Waals surface area contributed by atoms with Gasteiger partial charge >= 0.3 is 24.1 Å². The van der Waals surface area contributed by atoms with E-state index in [1.165, 1.54) is 58.3 Å². The third-order valence-electron chi connectivity index (χ3n) is 11.8. The van der Waals surface area contributed by atoms with Gasteiger partial charge in [0.25, 0.3) is 0 Å². The molecule has 0 aromatic heterocycles. The molecule has 0 bridgehead atoms. The molecule has 2 aliphatic rings. The quantitative estimate of drug-likeness (QED) is 0.0577. The Morgan fingerprint density at radius 1 is 0.571 bits per heavy atom. The van der Waals surface area contributed by atoms with Gasteiger partial charge in [-0.05, 0) is 95.0 Å². The Balaban J connectivity index is 0.000000338. The maximum absolute atomic E-state index is 13.9. The number of esters is 2. The van der Waals surface area contributed by atoms with Crippen molar-refractivity contribution in [3.63, 3.8) is 0 Å². The van der Waals surface area contributed by atoms with Crippen molar-refractivity contribution in [2.24, 2.45) is 10.8 Å². The van der Waals surface area contributed by atoms with E-state index in [1.807, 2.05) is 51.1 Å². The fraction of sp³-hybridized carbons (Fsp3) is 0.579.